The summed E-state index contributed by atoms with van der Waals surface area (Å²) in [5.74, 6) is 1.22. The number of hydrogen-bond donors (Lipinski definition) is 0. The second-order valence-corrected chi connectivity index (χ2v) is 7.68. The molecule has 0 unspecified atom stereocenters. The van der Waals surface area contributed by atoms with Gasteiger partial charge in [-0.05, 0) is 26.3 Å². The van der Waals surface area contributed by atoms with Crippen LogP contribution in [0.5, 0.6) is 23.0 Å². The highest BCUT2D eigenvalue weighted by Crippen LogP contribution is 2.51. The molecule has 0 amide bonds. The van der Waals surface area contributed by atoms with Crippen LogP contribution < -0.4 is 18.9 Å². The van der Waals surface area contributed by atoms with Gasteiger partial charge in [-0.3, -0.25) is 4.79 Å². The van der Waals surface area contributed by atoms with Gasteiger partial charge < -0.3 is 18.9 Å². The minimum atomic E-state index is -0.665. The van der Waals surface area contributed by atoms with Crippen LogP contribution in [0.3, 0.4) is 0 Å². The Balaban J connectivity index is 2.14. The van der Waals surface area contributed by atoms with E-state index in [1.54, 1.807) is 20.8 Å². The molecule has 0 aromatic heterocycles. The Bertz CT molecular complexity index is 1000. The monoisotopic (exact) mass is 394 g/mol. The highest BCUT2D eigenvalue weighted by molar-refractivity contribution is 6.00. The smallest absolute Gasteiger partial charge is 0.316 e. The van der Waals surface area contributed by atoms with Crippen LogP contribution in [-0.4, -0.2) is 20.2 Å². The molecule has 5 heteroatoms. The maximum Gasteiger partial charge on any atom is 0.316 e. The van der Waals surface area contributed by atoms with E-state index in [0.717, 1.165) is 10.9 Å². The molecule has 3 aromatic rings. The summed E-state index contributed by atoms with van der Waals surface area (Å²) >= 11 is 0. The van der Waals surface area contributed by atoms with E-state index in [2.05, 4.69) is 0 Å². The lowest BCUT2D eigenvalue weighted by Crippen LogP contribution is -2.26. The van der Waals surface area contributed by atoms with E-state index in [4.69, 9.17) is 18.9 Å². The van der Waals surface area contributed by atoms with Crippen molar-refractivity contribution in [1.82, 2.24) is 0 Å². The molecule has 3 rings (SSSR count). The molecular weight excluding hydrogens is 368 g/mol. The normalized spacial score (nSPS) is 11.2. The fourth-order valence-corrected chi connectivity index (χ4v) is 2.92. The number of benzene rings is 3. The van der Waals surface area contributed by atoms with Crippen molar-refractivity contribution in [3.8, 4) is 23.0 Å². The number of ether oxygens (including phenoxy) is 4. The van der Waals surface area contributed by atoms with Gasteiger partial charge in [0.2, 0.25) is 11.5 Å². The average Bonchev–Trinajstić information content (AvgIpc) is 2.72. The molecule has 0 saturated heterocycles. The van der Waals surface area contributed by atoms with Crippen LogP contribution in [0.2, 0.25) is 0 Å². The lowest BCUT2D eigenvalue weighted by molar-refractivity contribution is -0.143. The van der Waals surface area contributed by atoms with Crippen molar-refractivity contribution in [2.45, 2.75) is 27.4 Å². The van der Waals surface area contributed by atoms with Gasteiger partial charge in [-0.15, -0.1) is 0 Å². The summed E-state index contributed by atoms with van der Waals surface area (Å²) in [5, 5.41) is 1.49. The summed E-state index contributed by atoms with van der Waals surface area (Å²) in [6.07, 6.45) is 0. The molecule has 3 aromatic carbocycles. The second kappa shape index (κ2) is 8.43. The zero-order valence-corrected chi connectivity index (χ0v) is 17.4. The van der Waals surface area contributed by atoms with Crippen LogP contribution in [-0.2, 0) is 11.4 Å². The maximum atomic E-state index is 12.6. The first-order chi connectivity index (χ1) is 13.9. The van der Waals surface area contributed by atoms with E-state index in [9.17, 15) is 4.79 Å². The van der Waals surface area contributed by atoms with Crippen LogP contribution in [0.25, 0.3) is 10.8 Å². The SMILES string of the molecule is COc1c(OC)c(OC(=O)C(C)(C)C)c2ccccc2c1OCc1ccccc1. The third kappa shape index (κ3) is 4.29. The van der Waals surface area contributed by atoms with E-state index in [1.807, 2.05) is 54.6 Å². The molecule has 29 heavy (non-hydrogen) atoms. The number of carbonyl (C=O) groups is 1. The highest BCUT2D eigenvalue weighted by atomic mass is 16.6. The number of methoxy groups -OCH3 is 2. The zero-order chi connectivity index (χ0) is 21.0. The van der Waals surface area contributed by atoms with Crippen LogP contribution in [0.1, 0.15) is 26.3 Å². The predicted octanol–water partition coefficient (Wildman–Crippen LogP) is 5.39. The summed E-state index contributed by atoms with van der Waals surface area (Å²) < 4.78 is 23.2. The Hall–Kier alpha value is -3.21. The van der Waals surface area contributed by atoms with Gasteiger partial charge >= 0.3 is 5.97 Å². The molecule has 0 fully saturated rings. The first-order valence-corrected chi connectivity index (χ1v) is 9.42. The van der Waals surface area contributed by atoms with Crippen LogP contribution >= 0.6 is 0 Å². The molecule has 0 aliphatic carbocycles. The largest absolute Gasteiger partial charge is 0.490 e. The number of carbonyl (C=O) groups excluding carboxylic acids is 1. The molecule has 0 heterocycles. The number of esters is 1. The maximum absolute atomic E-state index is 12.6. The topological polar surface area (TPSA) is 54.0 Å². The summed E-state index contributed by atoms with van der Waals surface area (Å²) in [4.78, 5) is 12.6. The number of rotatable bonds is 6. The molecule has 0 aliphatic rings. The molecule has 0 bridgehead atoms. The van der Waals surface area contributed by atoms with Crippen LogP contribution in [0, 0.1) is 5.41 Å². The van der Waals surface area contributed by atoms with E-state index in [-0.39, 0.29) is 5.97 Å². The molecule has 5 nitrogen and oxygen atoms in total. The van der Waals surface area contributed by atoms with Crippen molar-refractivity contribution in [3.05, 3.63) is 60.2 Å². The quantitative estimate of drug-likeness (QED) is 0.415. The summed E-state index contributed by atoms with van der Waals surface area (Å²) in [5.41, 5.74) is 0.364. The third-order valence-corrected chi connectivity index (χ3v) is 4.48. The molecule has 0 spiro atoms. The lowest BCUT2D eigenvalue weighted by Gasteiger charge is -2.22. The standard InChI is InChI=1S/C24H26O5/c1-24(2,3)23(25)29-20-18-14-10-9-13-17(18)19(21(26-4)22(20)27-5)28-15-16-11-7-6-8-12-16/h6-14H,15H2,1-5H3. The van der Waals surface area contributed by atoms with Gasteiger partial charge in [-0.2, -0.15) is 0 Å². The van der Waals surface area contributed by atoms with Gasteiger partial charge in [-0.25, -0.2) is 0 Å². The molecule has 0 N–H and O–H groups in total. The zero-order valence-electron chi connectivity index (χ0n) is 17.4. The van der Waals surface area contributed by atoms with E-state index >= 15 is 0 Å². The van der Waals surface area contributed by atoms with E-state index < -0.39 is 5.41 Å². The molecule has 0 saturated carbocycles. The van der Waals surface area contributed by atoms with Crippen LogP contribution in [0.15, 0.2) is 54.6 Å². The fraction of sp³-hybridized carbons (Fsp3) is 0.292. The second-order valence-electron chi connectivity index (χ2n) is 7.68. The fourth-order valence-electron chi connectivity index (χ4n) is 2.92. The molecule has 152 valence electrons. The highest BCUT2D eigenvalue weighted by Gasteiger charge is 2.29. The van der Waals surface area contributed by atoms with Gasteiger partial charge in [0.25, 0.3) is 0 Å². The minimum Gasteiger partial charge on any atom is -0.490 e. The average molecular weight is 394 g/mol. The summed E-state index contributed by atoms with van der Waals surface area (Å²) in [6, 6.07) is 17.4. The first kappa shape index (κ1) is 20.5. The minimum absolute atomic E-state index is 0.326. The molecular formula is C24H26O5. The Kier molecular flexibility index (Phi) is 5.97. The van der Waals surface area contributed by atoms with E-state index in [1.165, 1.54) is 14.2 Å². The number of fused-ring (bicyclic) bond motifs is 1. The predicted molar refractivity (Wildman–Crippen MR) is 113 cm³/mol. The third-order valence-electron chi connectivity index (χ3n) is 4.48. The van der Waals surface area contributed by atoms with Gasteiger partial charge in [0, 0.05) is 10.8 Å². The van der Waals surface area contributed by atoms with Crippen molar-refractivity contribution in [2.24, 2.45) is 5.41 Å². The Morgan fingerprint density at radius 2 is 1.28 bits per heavy atom. The van der Waals surface area contributed by atoms with Crippen molar-refractivity contribution < 1.29 is 23.7 Å². The summed E-state index contributed by atoms with van der Waals surface area (Å²) in [6.45, 7) is 5.78. The molecule has 0 aliphatic heterocycles. The molecule has 0 atom stereocenters. The Labute approximate surface area is 171 Å². The number of hydrogen-bond acceptors (Lipinski definition) is 5. The van der Waals surface area contributed by atoms with Gasteiger partial charge in [0.15, 0.2) is 11.5 Å². The molecule has 0 radical (unpaired) electrons. The lowest BCUT2D eigenvalue weighted by atomic mass is 9.97. The Morgan fingerprint density at radius 3 is 1.83 bits per heavy atom. The van der Waals surface area contributed by atoms with Gasteiger partial charge in [0.1, 0.15) is 6.61 Å². The van der Waals surface area contributed by atoms with Gasteiger partial charge in [0.05, 0.1) is 19.6 Å². The first-order valence-electron chi connectivity index (χ1n) is 9.42. The van der Waals surface area contributed by atoms with Crippen molar-refractivity contribution in [1.29, 1.82) is 0 Å². The van der Waals surface area contributed by atoms with Gasteiger partial charge in [-0.1, -0.05) is 54.6 Å². The van der Waals surface area contributed by atoms with Crippen molar-refractivity contribution in [3.63, 3.8) is 0 Å². The van der Waals surface area contributed by atoms with E-state index in [0.29, 0.717) is 35.0 Å². The Morgan fingerprint density at radius 1 is 0.759 bits per heavy atom. The van der Waals surface area contributed by atoms with Crippen LogP contribution in [0.4, 0.5) is 0 Å². The van der Waals surface area contributed by atoms with Crippen molar-refractivity contribution in [2.75, 3.05) is 14.2 Å². The van der Waals surface area contributed by atoms with Crippen molar-refractivity contribution >= 4 is 16.7 Å². The summed E-state index contributed by atoms with van der Waals surface area (Å²) in [7, 11) is 3.05.